The Morgan fingerprint density at radius 3 is 1.10 bits per heavy atom. The summed E-state index contributed by atoms with van der Waals surface area (Å²) < 4.78 is 0. The van der Waals surface area contributed by atoms with Crippen molar-refractivity contribution in [3.63, 3.8) is 0 Å². The minimum atomic E-state index is -0.246. The quantitative estimate of drug-likeness (QED) is 0.151. The lowest BCUT2D eigenvalue weighted by atomic mass is 9.82. The second kappa shape index (κ2) is 15.3. The van der Waals surface area contributed by atoms with Gasteiger partial charge in [0.15, 0.2) is 0 Å². The van der Waals surface area contributed by atoms with Crippen LogP contribution in [-0.4, -0.2) is 0 Å². The maximum atomic E-state index is 2.43. The van der Waals surface area contributed by atoms with Crippen molar-refractivity contribution in [1.82, 2.24) is 0 Å². The van der Waals surface area contributed by atoms with Crippen LogP contribution in [0.5, 0.6) is 0 Å². The van der Waals surface area contributed by atoms with Gasteiger partial charge < -0.3 is 9.80 Å². The van der Waals surface area contributed by atoms with Gasteiger partial charge in [0.05, 0.1) is 0 Å². The van der Waals surface area contributed by atoms with Crippen LogP contribution in [0.4, 0.5) is 34.1 Å². The number of aryl methyl sites for hydroxylation is 2. The molecule has 1 aliphatic rings. The molecule has 11 rings (SSSR count). The summed E-state index contributed by atoms with van der Waals surface area (Å²) in [5.41, 5.74) is 19.2. The van der Waals surface area contributed by atoms with Crippen molar-refractivity contribution in [3.05, 3.63) is 241 Å². The van der Waals surface area contributed by atoms with E-state index in [1.54, 1.807) is 0 Å². The highest BCUT2D eigenvalue weighted by atomic mass is 15.1. The van der Waals surface area contributed by atoms with Crippen molar-refractivity contribution in [1.29, 1.82) is 0 Å². The van der Waals surface area contributed by atoms with Gasteiger partial charge in [-0.2, -0.15) is 0 Å². The van der Waals surface area contributed by atoms with Gasteiger partial charge in [0.1, 0.15) is 0 Å². The molecule has 0 N–H and O–H groups in total. The van der Waals surface area contributed by atoms with E-state index >= 15 is 0 Å². The van der Waals surface area contributed by atoms with Gasteiger partial charge in [-0.05, 0) is 164 Å². The summed E-state index contributed by atoms with van der Waals surface area (Å²) in [6, 6.07) is 80.4. The second-order valence-electron chi connectivity index (χ2n) is 17.6. The first kappa shape index (κ1) is 38.3. The van der Waals surface area contributed by atoms with Crippen LogP contribution in [-0.2, 0) is 5.41 Å². The van der Waals surface area contributed by atoms with Crippen LogP contribution in [0.15, 0.2) is 218 Å². The summed E-state index contributed by atoms with van der Waals surface area (Å²) in [7, 11) is 0. The molecule has 2 nitrogen and oxygen atoms in total. The monoisotopic (exact) mass is 808 g/mol. The van der Waals surface area contributed by atoms with Gasteiger partial charge in [-0.1, -0.05) is 159 Å². The van der Waals surface area contributed by atoms with Crippen molar-refractivity contribution in [2.45, 2.75) is 33.1 Å². The molecule has 63 heavy (non-hydrogen) atoms. The van der Waals surface area contributed by atoms with Gasteiger partial charge in [-0.25, -0.2) is 0 Å². The number of hydrogen-bond donors (Lipinski definition) is 0. The molecule has 0 fully saturated rings. The third-order valence-corrected chi connectivity index (χ3v) is 13.1. The molecule has 1 aliphatic carbocycles. The fraction of sp³-hybridized carbons (Fsp3) is 0.0820. The standard InChI is InChI=1S/C61H48N2/c1-41-13-9-19-49(37-41)62(47-29-25-45(26-30-47)55-23-11-17-43-15-5-7-21-53(43)55)51-33-35-57-58-36-34-52(40-60(58)61(3,4)59(57)39-51)63(50-20-10-14-42(2)38-50)48-31-27-46(28-32-48)56-24-12-18-44-16-6-8-22-54(44)56/h5-40H,1-4H3. The topological polar surface area (TPSA) is 6.48 Å². The molecular weight excluding hydrogens is 761 g/mol. The average Bonchev–Trinajstić information content (AvgIpc) is 3.54. The van der Waals surface area contributed by atoms with E-state index in [0.717, 1.165) is 34.1 Å². The number of benzene rings is 10. The summed E-state index contributed by atoms with van der Waals surface area (Å²) in [6.07, 6.45) is 0. The number of rotatable bonds is 8. The summed E-state index contributed by atoms with van der Waals surface area (Å²) in [6.45, 7) is 9.12. The lowest BCUT2D eigenvalue weighted by Gasteiger charge is -2.29. The van der Waals surface area contributed by atoms with Crippen molar-refractivity contribution in [2.24, 2.45) is 0 Å². The first-order chi connectivity index (χ1) is 30.8. The first-order valence-corrected chi connectivity index (χ1v) is 22.0. The Balaban J connectivity index is 0.973. The summed E-state index contributed by atoms with van der Waals surface area (Å²) in [4.78, 5) is 4.82. The van der Waals surface area contributed by atoms with Crippen LogP contribution in [0, 0.1) is 13.8 Å². The van der Waals surface area contributed by atoms with Crippen LogP contribution in [0.3, 0.4) is 0 Å². The maximum absolute atomic E-state index is 2.43. The molecule has 2 heteroatoms. The molecule has 0 heterocycles. The van der Waals surface area contributed by atoms with Crippen LogP contribution in [0.2, 0.25) is 0 Å². The molecule has 0 spiro atoms. The molecule has 10 aromatic carbocycles. The van der Waals surface area contributed by atoms with Gasteiger partial charge in [0.25, 0.3) is 0 Å². The van der Waals surface area contributed by atoms with Crippen molar-refractivity contribution in [2.75, 3.05) is 9.80 Å². The molecule has 0 saturated heterocycles. The van der Waals surface area contributed by atoms with E-state index in [1.807, 2.05) is 0 Å². The van der Waals surface area contributed by atoms with Crippen LogP contribution >= 0.6 is 0 Å². The maximum Gasteiger partial charge on any atom is 0.0465 e. The smallest absolute Gasteiger partial charge is 0.0465 e. The van der Waals surface area contributed by atoms with Crippen molar-refractivity contribution < 1.29 is 0 Å². The highest BCUT2D eigenvalue weighted by Gasteiger charge is 2.37. The minimum Gasteiger partial charge on any atom is -0.310 e. The Hall–Kier alpha value is -7.68. The molecule has 0 amide bonds. The van der Waals surface area contributed by atoms with Gasteiger partial charge in [0.2, 0.25) is 0 Å². The number of anilines is 6. The lowest BCUT2D eigenvalue weighted by Crippen LogP contribution is -2.17. The van der Waals surface area contributed by atoms with E-state index in [2.05, 4.69) is 256 Å². The number of nitrogens with zero attached hydrogens (tertiary/aromatic N) is 2. The fourth-order valence-electron chi connectivity index (χ4n) is 9.95. The zero-order chi connectivity index (χ0) is 42.7. The lowest BCUT2D eigenvalue weighted by molar-refractivity contribution is 0.660. The highest BCUT2D eigenvalue weighted by Crippen LogP contribution is 2.52. The van der Waals surface area contributed by atoms with E-state index in [-0.39, 0.29) is 5.41 Å². The molecule has 0 bridgehead atoms. The summed E-state index contributed by atoms with van der Waals surface area (Å²) in [5, 5.41) is 5.04. The molecule has 302 valence electrons. The molecular formula is C61H48N2. The van der Waals surface area contributed by atoms with E-state index < -0.39 is 0 Å². The number of hydrogen-bond acceptors (Lipinski definition) is 2. The third-order valence-electron chi connectivity index (χ3n) is 13.1. The Labute approximate surface area is 371 Å². The first-order valence-electron chi connectivity index (χ1n) is 22.0. The van der Waals surface area contributed by atoms with Crippen LogP contribution in [0.1, 0.15) is 36.1 Å². The number of fused-ring (bicyclic) bond motifs is 5. The summed E-state index contributed by atoms with van der Waals surface area (Å²) in [5.74, 6) is 0. The predicted octanol–water partition coefficient (Wildman–Crippen LogP) is 17.2. The molecule has 0 radical (unpaired) electrons. The molecule has 0 atom stereocenters. The van der Waals surface area contributed by atoms with Gasteiger partial charge in [0, 0.05) is 39.5 Å². The Morgan fingerprint density at radius 2 is 0.667 bits per heavy atom. The normalized spacial score (nSPS) is 12.6. The zero-order valence-electron chi connectivity index (χ0n) is 36.2. The second-order valence-corrected chi connectivity index (χ2v) is 17.6. The van der Waals surface area contributed by atoms with Crippen molar-refractivity contribution in [3.8, 4) is 33.4 Å². The van der Waals surface area contributed by atoms with Gasteiger partial charge in [-0.15, -0.1) is 0 Å². The third kappa shape index (κ3) is 6.76. The fourth-order valence-corrected chi connectivity index (χ4v) is 9.95. The molecule has 0 aliphatic heterocycles. The Morgan fingerprint density at radius 1 is 0.302 bits per heavy atom. The molecule has 0 unspecified atom stereocenters. The molecule has 0 aromatic heterocycles. The van der Waals surface area contributed by atoms with E-state index in [4.69, 9.17) is 0 Å². The van der Waals surface area contributed by atoms with Crippen LogP contribution in [0.25, 0.3) is 54.9 Å². The summed E-state index contributed by atoms with van der Waals surface area (Å²) >= 11 is 0. The average molecular weight is 809 g/mol. The molecule has 0 saturated carbocycles. The zero-order valence-corrected chi connectivity index (χ0v) is 36.2. The van der Waals surface area contributed by atoms with Gasteiger partial charge in [-0.3, -0.25) is 0 Å². The van der Waals surface area contributed by atoms with E-state index in [9.17, 15) is 0 Å². The Kier molecular flexibility index (Phi) is 9.32. The van der Waals surface area contributed by atoms with Crippen LogP contribution < -0.4 is 9.80 Å². The minimum absolute atomic E-state index is 0.246. The van der Waals surface area contributed by atoms with E-state index in [0.29, 0.717) is 0 Å². The molecule has 10 aromatic rings. The van der Waals surface area contributed by atoms with E-state index in [1.165, 1.54) is 77.2 Å². The highest BCUT2D eigenvalue weighted by molar-refractivity contribution is 5.98. The Bertz CT molecular complexity index is 3100. The largest absolute Gasteiger partial charge is 0.310 e. The van der Waals surface area contributed by atoms with Crippen molar-refractivity contribution >= 4 is 55.7 Å². The SMILES string of the molecule is Cc1cccc(N(c2ccc(-c3cccc4ccccc34)cc2)c2ccc3c(c2)C(C)(C)c2cc(N(c4ccc(-c5cccc6ccccc56)cc4)c4cccc(C)c4)ccc2-3)c1. The predicted molar refractivity (Wildman–Crippen MR) is 269 cm³/mol. The van der Waals surface area contributed by atoms with Gasteiger partial charge >= 0.3 is 0 Å².